The first-order valence-electron chi connectivity index (χ1n) is 11.0. The molecule has 34 heavy (non-hydrogen) atoms. The summed E-state index contributed by atoms with van der Waals surface area (Å²) in [5.74, 6) is 0.646. The quantitative estimate of drug-likeness (QED) is 0.136. The second-order valence-corrected chi connectivity index (χ2v) is 7.80. The van der Waals surface area contributed by atoms with Crippen LogP contribution in [0.25, 0.3) is 21.5 Å². The molecule has 0 fully saturated rings. The van der Waals surface area contributed by atoms with Gasteiger partial charge >= 0.3 is 5.97 Å². The van der Waals surface area contributed by atoms with E-state index in [0.717, 1.165) is 21.5 Å². The number of methoxy groups -OCH3 is 1. The molecule has 0 heterocycles. The molecule has 4 rings (SSSR count). The van der Waals surface area contributed by atoms with Gasteiger partial charge in [-0.15, -0.1) is 0 Å². The van der Waals surface area contributed by atoms with E-state index in [0.29, 0.717) is 35.8 Å². The van der Waals surface area contributed by atoms with Crippen molar-refractivity contribution < 1.29 is 28.5 Å². The Balaban J connectivity index is 1.45. The van der Waals surface area contributed by atoms with E-state index in [2.05, 4.69) is 24.3 Å². The van der Waals surface area contributed by atoms with Crippen LogP contribution in [0.15, 0.2) is 72.8 Å². The lowest BCUT2D eigenvalue weighted by atomic mass is 10.0. The molecule has 0 spiro atoms. The molecule has 0 saturated carbocycles. The number of carbonyl (C=O) groups excluding carboxylic acids is 2. The van der Waals surface area contributed by atoms with E-state index in [1.54, 1.807) is 31.4 Å². The third kappa shape index (κ3) is 5.53. The molecule has 0 aliphatic rings. The smallest absolute Gasteiger partial charge is 0.338 e. The molecule has 0 amide bonds. The van der Waals surface area contributed by atoms with Crippen LogP contribution in [-0.2, 0) is 9.47 Å². The standard InChI is InChI=1S/C28H26O6/c1-19(29)20-7-9-21(10-8-20)28(30)34-14-13-33-27-18-25-16-23-6-4-3-5-22(23)15-24(25)17-26(27)32-12-11-31-2/h3-10,15-18H,11-14H2,1-2H3. The lowest BCUT2D eigenvalue weighted by Gasteiger charge is -2.15. The van der Waals surface area contributed by atoms with Crippen molar-refractivity contribution in [2.75, 3.05) is 33.5 Å². The largest absolute Gasteiger partial charge is 0.487 e. The van der Waals surface area contributed by atoms with Gasteiger partial charge in [0.05, 0.1) is 12.2 Å². The molecule has 174 valence electrons. The first-order valence-corrected chi connectivity index (χ1v) is 11.0. The van der Waals surface area contributed by atoms with Crippen LogP contribution in [0.2, 0.25) is 0 Å². The molecule has 4 aromatic rings. The van der Waals surface area contributed by atoms with Gasteiger partial charge in [-0.05, 0) is 64.9 Å². The highest BCUT2D eigenvalue weighted by atomic mass is 16.6. The highest BCUT2D eigenvalue weighted by molar-refractivity contribution is 5.99. The molecule has 0 saturated heterocycles. The van der Waals surface area contributed by atoms with Crippen LogP contribution in [-0.4, -0.2) is 45.3 Å². The minimum Gasteiger partial charge on any atom is -0.487 e. The zero-order valence-electron chi connectivity index (χ0n) is 19.2. The molecule has 0 aliphatic heterocycles. The predicted molar refractivity (Wildman–Crippen MR) is 131 cm³/mol. The maximum atomic E-state index is 12.3. The van der Waals surface area contributed by atoms with Crippen molar-refractivity contribution in [3.8, 4) is 11.5 Å². The van der Waals surface area contributed by atoms with Gasteiger partial charge in [0.2, 0.25) is 0 Å². The third-order valence-corrected chi connectivity index (χ3v) is 5.41. The second-order valence-electron chi connectivity index (χ2n) is 7.80. The van der Waals surface area contributed by atoms with E-state index in [1.165, 1.54) is 6.92 Å². The van der Waals surface area contributed by atoms with Gasteiger partial charge in [0, 0.05) is 12.7 Å². The topological polar surface area (TPSA) is 71.1 Å². The fourth-order valence-electron chi connectivity index (χ4n) is 3.62. The Bertz CT molecular complexity index is 1310. The van der Waals surface area contributed by atoms with Crippen LogP contribution in [0.1, 0.15) is 27.6 Å². The SMILES string of the molecule is COCCOc1cc2cc3ccccc3cc2cc1OCCOC(=O)c1ccc(C(C)=O)cc1. The summed E-state index contributed by atoms with van der Waals surface area (Å²) >= 11 is 0. The zero-order chi connectivity index (χ0) is 23.9. The number of fused-ring (bicyclic) bond motifs is 2. The average Bonchev–Trinajstić information content (AvgIpc) is 2.85. The fourth-order valence-corrected chi connectivity index (χ4v) is 3.62. The number of hydrogen-bond acceptors (Lipinski definition) is 6. The zero-order valence-corrected chi connectivity index (χ0v) is 19.2. The average molecular weight is 459 g/mol. The van der Waals surface area contributed by atoms with Gasteiger partial charge in [-0.3, -0.25) is 4.79 Å². The van der Waals surface area contributed by atoms with Crippen LogP contribution in [0.4, 0.5) is 0 Å². The Labute approximate surface area is 198 Å². The maximum Gasteiger partial charge on any atom is 0.338 e. The van der Waals surface area contributed by atoms with Gasteiger partial charge in [0.15, 0.2) is 17.3 Å². The Morgan fingerprint density at radius 2 is 1.18 bits per heavy atom. The minimum atomic E-state index is -0.472. The van der Waals surface area contributed by atoms with Gasteiger partial charge in [-0.25, -0.2) is 4.79 Å². The molecule has 0 unspecified atom stereocenters. The Kier molecular flexibility index (Phi) is 7.40. The number of ketones is 1. The fraction of sp³-hybridized carbons (Fsp3) is 0.214. The van der Waals surface area contributed by atoms with Gasteiger partial charge in [0.1, 0.15) is 19.8 Å². The molecule has 4 aromatic carbocycles. The molecular formula is C28H26O6. The van der Waals surface area contributed by atoms with Crippen molar-refractivity contribution in [3.63, 3.8) is 0 Å². The molecule has 0 aliphatic carbocycles. The summed E-state index contributed by atoms with van der Waals surface area (Å²) < 4.78 is 22.2. The second kappa shape index (κ2) is 10.8. The lowest BCUT2D eigenvalue weighted by Crippen LogP contribution is -2.13. The molecular weight excluding hydrogens is 432 g/mol. The summed E-state index contributed by atoms with van der Waals surface area (Å²) in [7, 11) is 1.62. The number of hydrogen-bond donors (Lipinski definition) is 0. The van der Waals surface area contributed by atoms with Crippen LogP contribution < -0.4 is 9.47 Å². The third-order valence-electron chi connectivity index (χ3n) is 5.41. The molecule has 6 heteroatoms. The number of esters is 1. The van der Waals surface area contributed by atoms with Crippen molar-refractivity contribution in [3.05, 3.63) is 83.9 Å². The van der Waals surface area contributed by atoms with Gasteiger partial charge in [-0.1, -0.05) is 36.4 Å². The number of ether oxygens (including phenoxy) is 4. The number of Topliss-reactive ketones (excluding diaryl/α,β-unsaturated/α-hetero) is 1. The minimum absolute atomic E-state index is 0.0553. The molecule has 0 atom stereocenters. The first kappa shape index (κ1) is 23.3. The first-order chi connectivity index (χ1) is 16.5. The van der Waals surface area contributed by atoms with Crippen molar-refractivity contribution in [1.29, 1.82) is 0 Å². The number of rotatable bonds is 10. The van der Waals surface area contributed by atoms with E-state index in [9.17, 15) is 9.59 Å². The van der Waals surface area contributed by atoms with Gasteiger partial charge in [-0.2, -0.15) is 0 Å². The van der Waals surface area contributed by atoms with Crippen LogP contribution >= 0.6 is 0 Å². The highest BCUT2D eigenvalue weighted by Crippen LogP contribution is 2.34. The van der Waals surface area contributed by atoms with Crippen LogP contribution in [0.3, 0.4) is 0 Å². The van der Waals surface area contributed by atoms with Crippen molar-refractivity contribution >= 4 is 33.3 Å². The monoisotopic (exact) mass is 458 g/mol. The summed E-state index contributed by atoms with van der Waals surface area (Å²) in [4.78, 5) is 23.7. The van der Waals surface area contributed by atoms with Crippen molar-refractivity contribution in [1.82, 2.24) is 0 Å². The number of benzene rings is 4. The normalized spacial score (nSPS) is 10.9. The molecule has 0 aromatic heterocycles. The van der Waals surface area contributed by atoms with Gasteiger partial charge < -0.3 is 18.9 Å². The molecule has 0 N–H and O–H groups in total. The van der Waals surface area contributed by atoms with E-state index in [1.807, 2.05) is 24.3 Å². The van der Waals surface area contributed by atoms with E-state index < -0.39 is 5.97 Å². The summed E-state index contributed by atoms with van der Waals surface area (Å²) in [6, 6.07) is 22.7. The van der Waals surface area contributed by atoms with Crippen molar-refractivity contribution in [2.45, 2.75) is 6.92 Å². The predicted octanol–water partition coefficient (Wildman–Crippen LogP) is 5.46. The molecule has 0 radical (unpaired) electrons. The maximum absolute atomic E-state index is 12.3. The Hall–Kier alpha value is -3.90. The van der Waals surface area contributed by atoms with E-state index >= 15 is 0 Å². The van der Waals surface area contributed by atoms with Crippen molar-refractivity contribution in [2.24, 2.45) is 0 Å². The van der Waals surface area contributed by atoms with Gasteiger partial charge in [0.25, 0.3) is 0 Å². The highest BCUT2D eigenvalue weighted by Gasteiger charge is 2.11. The molecule has 6 nitrogen and oxygen atoms in total. The Morgan fingerprint density at radius 3 is 1.71 bits per heavy atom. The Morgan fingerprint density at radius 1 is 0.647 bits per heavy atom. The summed E-state index contributed by atoms with van der Waals surface area (Å²) in [6.45, 7) is 2.55. The van der Waals surface area contributed by atoms with E-state index in [4.69, 9.17) is 18.9 Å². The summed E-state index contributed by atoms with van der Waals surface area (Å²) in [5.41, 5.74) is 0.927. The molecule has 0 bridgehead atoms. The van der Waals surface area contributed by atoms with E-state index in [-0.39, 0.29) is 19.0 Å². The lowest BCUT2D eigenvalue weighted by molar-refractivity contribution is 0.0448. The summed E-state index contributed by atoms with van der Waals surface area (Å²) in [6.07, 6.45) is 0. The number of carbonyl (C=O) groups is 2. The summed E-state index contributed by atoms with van der Waals surface area (Å²) in [5, 5.41) is 4.35. The van der Waals surface area contributed by atoms with Crippen LogP contribution in [0.5, 0.6) is 11.5 Å². The van der Waals surface area contributed by atoms with Crippen LogP contribution in [0, 0.1) is 0 Å².